The van der Waals surface area contributed by atoms with Crippen LogP contribution in [0.15, 0.2) is 24.3 Å². The second-order valence-electron chi connectivity index (χ2n) is 4.90. The van der Waals surface area contributed by atoms with E-state index >= 15 is 0 Å². The Morgan fingerprint density at radius 1 is 1.48 bits per heavy atom. The van der Waals surface area contributed by atoms with E-state index in [0.29, 0.717) is 31.7 Å². The van der Waals surface area contributed by atoms with Gasteiger partial charge in [0.1, 0.15) is 0 Å². The maximum Gasteiger partial charge on any atom is 0.407 e. The summed E-state index contributed by atoms with van der Waals surface area (Å²) in [5.41, 5.74) is 7.25. The number of ether oxygens (including phenoxy) is 1. The lowest BCUT2D eigenvalue weighted by atomic mass is 10.2. The van der Waals surface area contributed by atoms with Crippen molar-refractivity contribution in [3.05, 3.63) is 29.8 Å². The van der Waals surface area contributed by atoms with E-state index in [4.69, 9.17) is 5.73 Å². The molecular formula is C14H20N4O3. The van der Waals surface area contributed by atoms with Crippen LogP contribution < -0.4 is 16.4 Å². The number of likely N-dealkylation sites (tertiary alicyclic amines) is 1. The zero-order valence-corrected chi connectivity index (χ0v) is 12.0. The van der Waals surface area contributed by atoms with Crippen molar-refractivity contribution in [1.82, 2.24) is 10.2 Å². The summed E-state index contributed by atoms with van der Waals surface area (Å²) >= 11 is 0. The number of urea groups is 1. The molecule has 1 aromatic carbocycles. The number of rotatable bonds is 3. The van der Waals surface area contributed by atoms with Gasteiger partial charge in [-0.15, -0.1) is 0 Å². The first-order valence-electron chi connectivity index (χ1n) is 6.82. The molecule has 3 amide bonds. The van der Waals surface area contributed by atoms with Crippen molar-refractivity contribution in [3.63, 3.8) is 0 Å². The van der Waals surface area contributed by atoms with Gasteiger partial charge in [0.15, 0.2) is 0 Å². The normalized spacial score (nSPS) is 17.4. The first kappa shape index (κ1) is 15.1. The summed E-state index contributed by atoms with van der Waals surface area (Å²) in [4.78, 5) is 25.0. The predicted octanol–water partition coefficient (Wildman–Crippen LogP) is 1.11. The zero-order chi connectivity index (χ0) is 15.2. The Bertz CT molecular complexity index is 521. The van der Waals surface area contributed by atoms with E-state index in [0.717, 1.165) is 5.56 Å². The van der Waals surface area contributed by atoms with Crippen LogP contribution in [0.4, 0.5) is 15.3 Å². The lowest BCUT2D eigenvalue weighted by Gasteiger charge is -2.18. The molecule has 1 atom stereocenters. The number of amides is 3. The number of anilines is 1. The van der Waals surface area contributed by atoms with Crippen LogP contribution in [0.25, 0.3) is 0 Å². The van der Waals surface area contributed by atoms with Gasteiger partial charge in [-0.3, -0.25) is 0 Å². The van der Waals surface area contributed by atoms with Gasteiger partial charge in [0.2, 0.25) is 0 Å². The molecule has 0 aromatic heterocycles. The fourth-order valence-electron chi connectivity index (χ4n) is 2.27. The van der Waals surface area contributed by atoms with Crippen LogP contribution in [-0.2, 0) is 11.3 Å². The number of hydrogen-bond donors (Lipinski definition) is 3. The van der Waals surface area contributed by atoms with E-state index in [2.05, 4.69) is 15.4 Å². The van der Waals surface area contributed by atoms with Crippen LogP contribution >= 0.6 is 0 Å². The Morgan fingerprint density at radius 3 is 3.00 bits per heavy atom. The first-order valence-corrected chi connectivity index (χ1v) is 6.82. The summed E-state index contributed by atoms with van der Waals surface area (Å²) < 4.78 is 4.55. The number of benzene rings is 1. The van der Waals surface area contributed by atoms with Gasteiger partial charge in [-0.2, -0.15) is 0 Å². The van der Waals surface area contributed by atoms with Gasteiger partial charge >= 0.3 is 12.1 Å². The molecule has 1 saturated heterocycles. The third-order valence-electron chi connectivity index (χ3n) is 3.40. The molecule has 1 aromatic rings. The average Bonchev–Trinajstić information content (AvgIpc) is 2.96. The smallest absolute Gasteiger partial charge is 0.407 e. The number of carbonyl (C=O) groups is 2. The average molecular weight is 292 g/mol. The van der Waals surface area contributed by atoms with Crippen LogP contribution in [0, 0.1) is 0 Å². The summed E-state index contributed by atoms with van der Waals surface area (Å²) in [6, 6.07) is 7.16. The van der Waals surface area contributed by atoms with Crippen LogP contribution in [0.5, 0.6) is 0 Å². The van der Waals surface area contributed by atoms with Gasteiger partial charge in [0.05, 0.1) is 13.2 Å². The van der Waals surface area contributed by atoms with E-state index in [-0.39, 0.29) is 12.1 Å². The number of nitrogens with two attached hydrogens (primary N) is 1. The molecule has 0 saturated carbocycles. The number of methoxy groups -OCH3 is 1. The van der Waals surface area contributed by atoms with E-state index < -0.39 is 6.09 Å². The Balaban J connectivity index is 1.88. The number of alkyl carbamates (subject to hydrolysis) is 1. The Labute approximate surface area is 123 Å². The number of nitrogens with one attached hydrogen (secondary N) is 2. The highest BCUT2D eigenvalue weighted by molar-refractivity contribution is 5.89. The van der Waals surface area contributed by atoms with Crippen molar-refractivity contribution < 1.29 is 14.3 Å². The Hall–Kier alpha value is -2.28. The molecule has 2 rings (SSSR count). The van der Waals surface area contributed by atoms with Crippen LogP contribution in [0.3, 0.4) is 0 Å². The minimum absolute atomic E-state index is 0.0708. The molecule has 1 heterocycles. The lowest BCUT2D eigenvalue weighted by molar-refractivity contribution is 0.166. The monoisotopic (exact) mass is 292 g/mol. The highest BCUT2D eigenvalue weighted by Crippen LogP contribution is 2.14. The third kappa shape index (κ3) is 4.09. The number of nitrogens with zero attached hydrogens (tertiary/aromatic N) is 1. The second-order valence-corrected chi connectivity index (χ2v) is 4.90. The highest BCUT2D eigenvalue weighted by Gasteiger charge is 2.27. The van der Waals surface area contributed by atoms with E-state index in [1.807, 2.05) is 24.3 Å². The van der Waals surface area contributed by atoms with Gasteiger partial charge in [-0.25, -0.2) is 9.59 Å². The molecule has 0 bridgehead atoms. The maximum absolute atomic E-state index is 12.2. The summed E-state index contributed by atoms with van der Waals surface area (Å²) in [5, 5.41) is 5.53. The molecular weight excluding hydrogens is 272 g/mol. The zero-order valence-electron chi connectivity index (χ0n) is 12.0. The number of hydrogen-bond acceptors (Lipinski definition) is 4. The van der Waals surface area contributed by atoms with Crippen molar-refractivity contribution in [2.75, 3.05) is 25.5 Å². The van der Waals surface area contributed by atoms with Gasteiger partial charge < -0.3 is 26.0 Å². The van der Waals surface area contributed by atoms with E-state index in [1.165, 1.54) is 7.11 Å². The van der Waals surface area contributed by atoms with Crippen molar-refractivity contribution in [1.29, 1.82) is 0 Å². The molecule has 0 spiro atoms. The summed E-state index contributed by atoms with van der Waals surface area (Å²) in [7, 11) is 1.32. The molecule has 1 aliphatic heterocycles. The van der Waals surface area contributed by atoms with Crippen LogP contribution in [0.2, 0.25) is 0 Å². The number of carbonyl (C=O) groups excluding carboxylic acids is 2. The molecule has 114 valence electrons. The minimum atomic E-state index is -0.474. The molecule has 7 nitrogen and oxygen atoms in total. The minimum Gasteiger partial charge on any atom is -0.453 e. The third-order valence-corrected chi connectivity index (χ3v) is 3.40. The quantitative estimate of drug-likeness (QED) is 0.777. The van der Waals surface area contributed by atoms with Crippen LogP contribution in [-0.4, -0.2) is 43.3 Å². The molecule has 1 unspecified atom stereocenters. The fourth-order valence-corrected chi connectivity index (χ4v) is 2.27. The summed E-state index contributed by atoms with van der Waals surface area (Å²) in [5.74, 6) is 0. The lowest BCUT2D eigenvalue weighted by Crippen LogP contribution is -2.39. The van der Waals surface area contributed by atoms with Gasteiger partial charge in [0, 0.05) is 25.3 Å². The van der Waals surface area contributed by atoms with E-state index in [1.54, 1.807) is 4.90 Å². The Morgan fingerprint density at radius 2 is 2.29 bits per heavy atom. The molecule has 1 aliphatic rings. The first-order chi connectivity index (χ1) is 10.1. The molecule has 21 heavy (non-hydrogen) atoms. The van der Waals surface area contributed by atoms with Gasteiger partial charge in [-0.1, -0.05) is 12.1 Å². The van der Waals surface area contributed by atoms with Gasteiger partial charge in [-0.05, 0) is 24.1 Å². The predicted molar refractivity (Wildman–Crippen MR) is 78.9 cm³/mol. The fraction of sp³-hybridized carbons (Fsp3) is 0.429. The van der Waals surface area contributed by atoms with Crippen molar-refractivity contribution >= 4 is 17.8 Å². The summed E-state index contributed by atoms with van der Waals surface area (Å²) in [6.07, 6.45) is 0.239. The highest BCUT2D eigenvalue weighted by atomic mass is 16.5. The molecule has 1 fully saturated rings. The molecule has 0 aliphatic carbocycles. The van der Waals surface area contributed by atoms with Crippen molar-refractivity contribution in [2.45, 2.75) is 19.0 Å². The van der Waals surface area contributed by atoms with E-state index in [9.17, 15) is 9.59 Å². The summed E-state index contributed by atoms with van der Waals surface area (Å²) in [6.45, 7) is 1.49. The topological polar surface area (TPSA) is 96.7 Å². The van der Waals surface area contributed by atoms with Crippen molar-refractivity contribution in [3.8, 4) is 0 Å². The standard InChI is InChI=1S/C14H20N4O3/c1-21-14(20)17-12-5-6-18(9-12)13(19)16-11-4-2-3-10(7-11)8-15/h2-4,7,12H,5-6,8-9,15H2,1H3,(H,16,19)(H,17,20). The van der Waals surface area contributed by atoms with Crippen LogP contribution in [0.1, 0.15) is 12.0 Å². The Kier molecular flexibility index (Phi) is 4.99. The van der Waals surface area contributed by atoms with Gasteiger partial charge in [0.25, 0.3) is 0 Å². The SMILES string of the molecule is COC(=O)NC1CCN(C(=O)Nc2cccc(CN)c2)C1. The molecule has 0 radical (unpaired) electrons. The molecule has 4 N–H and O–H groups in total. The maximum atomic E-state index is 12.2. The molecule has 7 heteroatoms. The second kappa shape index (κ2) is 6.94. The van der Waals surface area contributed by atoms with Crippen molar-refractivity contribution in [2.24, 2.45) is 5.73 Å². The largest absolute Gasteiger partial charge is 0.453 e.